The highest BCUT2D eigenvalue weighted by atomic mass is 32.2. The maximum atomic E-state index is 13.6. The van der Waals surface area contributed by atoms with Crippen LogP contribution in [0, 0.1) is 5.82 Å². The van der Waals surface area contributed by atoms with Gasteiger partial charge in [0.25, 0.3) is 0 Å². The Kier molecular flexibility index (Phi) is 5.23. The number of hydrogen-bond donors (Lipinski definition) is 0. The molecule has 1 amide bonds. The second-order valence-electron chi connectivity index (χ2n) is 5.47. The van der Waals surface area contributed by atoms with Crippen molar-refractivity contribution in [1.82, 2.24) is 0 Å². The molecule has 24 heavy (non-hydrogen) atoms. The quantitative estimate of drug-likeness (QED) is 0.832. The summed E-state index contributed by atoms with van der Waals surface area (Å²) in [7, 11) is -0.288. The summed E-state index contributed by atoms with van der Waals surface area (Å²) in [5, 5.41) is 0. The molecule has 0 aliphatic rings. The number of rotatable bonds is 5. The van der Waals surface area contributed by atoms with Crippen LogP contribution >= 0.6 is 0 Å². The molecule has 0 unspecified atom stereocenters. The number of likely N-dealkylation sites (N-methyl/N-ethyl adjacent to an activating group) is 1. The van der Waals surface area contributed by atoms with E-state index in [0.29, 0.717) is 16.9 Å². The van der Waals surface area contributed by atoms with Crippen molar-refractivity contribution in [3.8, 4) is 0 Å². The fraction of sp³-hybridized carbons (Fsp3) is 0.235. The van der Waals surface area contributed by atoms with E-state index in [4.69, 9.17) is 0 Å². The van der Waals surface area contributed by atoms with Crippen molar-refractivity contribution in [3.63, 3.8) is 0 Å². The number of carbonyl (C=O) groups is 1. The van der Waals surface area contributed by atoms with Gasteiger partial charge >= 0.3 is 0 Å². The molecule has 7 heteroatoms. The Morgan fingerprint density at radius 3 is 2.08 bits per heavy atom. The van der Waals surface area contributed by atoms with Crippen LogP contribution in [0.4, 0.5) is 15.8 Å². The summed E-state index contributed by atoms with van der Waals surface area (Å²) in [6, 6.07) is 12.7. The molecule has 0 spiro atoms. The third-order valence-corrected chi connectivity index (χ3v) is 4.98. The second kappa shape index (κ2) is 7.00. The molecular weight excluding hydrogens is 331 g/mol. The first kappa shape index (κ1) is 17.9. The van der Waals surface area contributed by atoms with E-state index in [1.54, 1.807) is 49.5 Å². The Morgan fingerprint density at radius 2 is 1.54 bits per heavy atom. The molecule has 0 saturated heterocycles. The summed E-state index contributed by atoms with van der Waals surface area (Å²) in [5.41, 5.74) is 1.43. The molecular formula is C17H19FN2O3S. The van der Waals surface area contributed by atoms with Crippen molar-refractivity contribution < 1.29 is 17.6 Å². The first-order valence-electron chi connectivity index (χ1n) is 7.24. The van der Waals surface area contributed by atoms with E-state index in [-0.39, 0.29) is 12.3 Å². The highest BCUT2D eigenvalue weighted by Crippen LogP contribution is 2.21. The number of nitrogens with zero attached hydrogens (tertiary/aromatic N) is 2. The highest BCUT2D eigenvalue weighted by molar-refractivity contribution is 7.92. The smallest absolute Gasteiger partial charge is 0.231 e. The number of benzene rings is 2. The monoisotopic (exact) mass is 350 g/mol. The van der Waals surface area contributed by atoms with E-state index in [0.717, 1.165) is 10.6 Å². The Labute approximate surface area is 141 Å². The minimum Gasteiger partial charge on any atom is -0.315 e. The van der Waals surface area contributed by atoms with Gasteiger partial charge in [0.05, 0.1) is 18.4 Å². The van der Waals surface area contributed by atoms with Gasteiger partial charge in [-0.15, -0.1) is 0 Å². The van der Waals surface area contributed by atoms with E-state index in [9.17, 15) is 17.6 Å². The van der Waals surface area contributed by atoms with Crippen LogP contribution in [0.5, 0.6) is 0 Å². The maximum absolute atomic E-state index is 13.6. The molecule has 0 N–H and O–H groups in total. The Hall–Kier alpha value is -2.41. The molecule has 0 aromatic heterocycles. The van der Waals surface area contributed by atoms with E-state index in [1.165, 1.54) is 18.0 Å². The van der Waals surface area contributed by atoms with Crippen molar-refractivity contribution in [3.05, 3.63) is 59.9 Å². The molecule has 0 bridgehead atoms. The van der Waals surface area contributed by atoms with Crippen LogP contribution in [0.15, 0.2) is 48.5 Å². The summed E-state index contributed by atoms with van der Waals surface area (Å²) in [6.07, 6.45) is 1.07. The predicted octanol–water partition coefficient (Wildman–Crippen LogP) is 2.43. The molecule has 0 aliphatic heterocycles. The van der Waals surface area contributed by atoms with Gasteiger partial charge in [0.1, 0.15) is 5.82 Å². The van der Waals surface area contributed by atoms with Crippen molar-refractivity contribution in [1.29, 1.82) is 0 Å². The van der Waals surface area contributed by atoms with Crippen LogP contribution in [0.2, 0.25) is 0 Å². The van der Waals surface area contributed by atoms with Gasteiger partial charge in [0.2, 0.25) is 15.9 Å². The van der Waals surface area contributed by atoms with Crippen molar-refractivity contribution in [2.24, 2.45) is 0 Å². The zero-order chi connectivity index (χ0) is 17.9. The fourth-order valence-corrected chi connectivity index (χ4v) is 2.65. The summed E-state index contributed by atoms with van der Waals surface area (Å²) >= 11 is 0. The van der Waals surface area contributed by atoms with Gasteiger partial charge in [0.15, 0.2) is 0 Å². The minimum atomic E-state index is -3.34. The molecule has 0 fully saturated rings. The zero-order valence-electron chi connectivity index (χ0n) is 13.7. The largest absolute Gasteiger partial charge is 0.315 e. The van der Waals surface area contributed by atoms with Gasteiger partial charge in [-0.2, -0.15) is 0 Å². The number of amides is 1. The third-order valence-electron chi connectivity index (χ3n) is 3.77. The first-order valence-corrected chi connectivity index (χ1v) is 9.09. The Morgan fingerprint density at radius 1 is 1.00 bits per heavy atom. The molecule has 2 aromatic rings. The normalized spacial score (nSPS) is 11.2. The summed E-state index contributed by atoms with van der Waals surface area (Å²) in [6.45, 7) is 0. The van der Waals surface area contributed by atoms with E-state index < -0.39 is 15.8 Å². The molecule has 0 aliphatic carbocycles. The van der Waals surface area contributed by atoms with E-state index in [2.05, 4.69) is 0 Å². The van der Waals surface area contributed by atoms with Crippen LogP contribution < -0.4 is 9.21 Å². The lowest BCUT2D eigenvalue weighted by Gasteiger charge is -2.20. The molecule has 0 radical (unpaired) electrons. The minimum absolute atomic E-state index is 0.0475. The Balaban J connectivity index is 2.14. The van der Waals surface area contributed by atoms with E-state index in [1.807, 2.05) is 0 Å². The topological polar surface area (TPSA) is 57.7 Å². The third kappa shape index (κ3) is 4.11. The van der Waals surface area contributed by atoms with Crippen LogP contribution in [0.1, 0.15) is 5.56 Å². The SMILES string of the molecule is CN(C(=O)Cc1ccccc1F)c1ccc(N(C)S(C)(=O)=O)cc1. The molecule has 5 nitrogen and oxygen atoms in total. The summed E-state index contributed by atoms with van der Waals surface area (Å²) in [5.74, 6) is -0.673. The van der Waals surface area contributed by atoms with Gasteiger partial charge in [0, 0.05) is 19.8 Å². The first-order chi connectivity index (χ1) is 11.2. The zero-order valence-corrected chi connectivity index (χ0v) is 14.5. The van der Waals surface area contributed by atoms with Crippen LogP contribution in [-0.2, 0) is 21.2 Å². The second-order valence-corrected chi connectivity index (χ2v) is 7.48. The summed E-state index contributed by atoms with van der Waals surface area (Å²) in [4.78, 5) is 13.7. The number of hydrogen-bond acceptors (Lipinski definition) is 3. The fourth-order valence-electron chi connectivity index (χ4n) is 2.14. The number of halogens is 1. The van der Waals surface area contributed by atoms with Gasteiger partial charge in [-0.25, -0.2) is 12.8 Å². The van der Waals surface area contributed by atoms with Crippen LogP contribution in [-0.4, -0.2) is 34.7 Å². The molecule has 0 atom stereocenters. The summed E-state index contributed by atoms with van der Waals surface area (Å²) < 4.78 is 37.8. The lowest BCUT2D eigenvalue weighted by Crippen LogP contribution is -2.28. The van der Waals surface area contributed by atoms with Crippen molar-refractivity contribution in [2.45, 2.75) is 6.42 Å². The van der Waals surface area contributed by atoms with E-state index >= 15 is 0 Å². The maximum Gasteiger partial charge on any atom is 0.231 e. The molecule has 0 heterocycles. The molecule has 2 rings (SSSR count). The number of sulfonamides is 1. The average Bonchev–Trinajstić information content (AvgIpc) is 2.55. The lowest BCUT2D eigenvalue weighted by atomic mass is 10.1. The van der Waals surface area contributed by atoms with Gasteiger partial charge in [-0.3, -0.25) is 9.10 Å². The van der Waals surface area contributed by atoms with Crippen molar-refractivity contribution >= 4 is 27.3 Å². The Bertz CT molecular complexity index is 835. The van der Waals surface area contributed by atoms with Crippen molar-refractivity contribution in [2.75, 3.05) is 29.6 Å². The number of anilines is 2. The predicted molar refractivity (Wildman–Crippen MR) is 93.2 cm³/mol. The molecule has 2 aromatic carbocycles. The average molecular weight is 350 g/mol. The standard InChI is InChI=1S/C17H19FN2O3S/c1-19(17(21)12-13-6-4-5-7-16(13)18)14-8-10-15(11-9-14)20(2)24(3,22)23/h4-11H,12H2,1-3H3. The lowest BCUT2D eigenvalue weighted by molar-refractivity contribution is -0.117. The number of carbonyl (C=O) groups excluding carboxylic acids is 1. The van der Waals surface area contributed by atoms with Gasteiger partial charge in [-0.1, -0.05) is 18.2 Å². The van der Waals surface area contributed by atoms with Crippen LogP contribution in [0.3, 0.4) is 0 Å². The molecule has 0 saturated carbocycles. The highest BCUT2D eigenvalue weighted by Gasteiger charge is 2.15. The van der Waals surface area contributed by atoms with Gasteiger partial charge < -0.3 is 4.90 Å². The van der Waals surface area contributed by atoms with Gasteiger partial charge in [-0.05, 0) is 35.9 Å². The molecule has 128 valence electrons. The van der Waals surface area contributed by atoms with Crippen LogP contribution in [0.25, 0.3) is 0 Å².